The Morgan fingerprint density at radius 2 is 1.67 bits per heavy atom. The van der Waals surface area contributed by atoms with Crippen molar-refractivity contribution in [3.63, 3.8) is 0 Å². The molecule has 0 heterocycles. The van der Waals surface area contributed by atoms with Gasteiger partial charge in [0.05, 0.1) is 11.1 Å². The number of hydrogen-bond acceptors (Lipinski definition) is 4. The molecule has 0 bridgehead atoms. The molecule has 1 rings (SSSR count). The van der Waals surface area contributed by atoms with Crippen molar-refractivity contribution in [3.8, 4) is 0 Å². The van der Waals surface area contributed by atoms with Gasteiger partial charge in [0, 0.05) is 5.30 Å². The average Bonchev–Trinajstić information content (AvgIpc) is 2.16. The smallest absolute Gasteiger partial charge is 0.336 e. The molecule has 7 heteroatoms. The number of hydrogen-bond donors (Lipinski definition) is 4. The molecule has 4 N–H and O–H groups in total. The Labute approximate surface area is 85.3 Å². The average molecular weight is 230 g/mol. The fourth-order valence-electron chi connectivity index (χ4n) is 1.01. The third-order valence-corrected chi connectivity index (χ3v) is 2.49. The van der Waals surface area contributed by atoms with Gasteiger partial charge >= 0.3 is 11.9 Å². The predicted molar refractivity (Wildman–Crippen MR) is 51.4 cm³/mol. The zero-order valence-electron chi connectivity index (χ0n) is 7.28. The second-order valence-electron chi connectivity index (χ2n) is 2.63. The lowest BCUT2D eigenvalue weighted by atomic mass is 10.1. The van der Waals surface area contributed by atoms with Gasteiger partial charge in [-0.25, -0.2) is 9.59 Å². The maximum Gasteiger partial charge on any atom is 0.336 e. The van der Waals surface area contributed by atoms with Crippen molar-refractivity contribution in [2.75, 3.05) is 0 Å². The fraction of sp³-hybridized carbons (Fsp3) is 0. The summed E-state index contributed by atoms with van der Waals surface area (Å²) < 4.78 is 0. The van der Waals surface area contributed by atoms with Crippen molar-refractivity contribution in [2.24, 2.45) is 0 Å². The minimum absolute atomic E-state index is 0.189. The van der Waals surface area contributed by atoms with E-state index in [0.29, 0.717) is 0 Å². The molecule has 0 amide bonds. The highest BCUT2D eigenvalue weighted by Crippen LogP contribution is 2.25. The molecule has 1 aromatic carbocycles. The van der Waals surface area contributed by atoms with E-state index in [1.54, 1.807) is 0 Å². The van der Waals surface area contributed by atoms with Crippen LogP contribution in [0.25, 0.3) is 0 Å². The molecule has 0 radical (unpaired) electrons. The molecule has 0 aliphatic heterocycles. The number of rotatable bonds is 3. The summed E-state index contributed by atoms with van der Waals surface area (Å²) in [4.78, 5) is 39.0. The van der Waals surface area contributed by atoms with Gasteiger partial charge in [0.1, 0.15) is 0 Å². The molecule has 0 saturated carbocycles. The lowest BCUT2D eigenvalue weighted by Gasteiger charge is -2.07. The molecule has 0 fully saturated rings. The van der Waals surface area contributed by atoms with E-state index < -0.39 is 20.3 Å². The number of aromatic carboxylic acids is 2. The second kappa shape index (κ2) is 4.35. The van der Waals surface area contributed by atoms with Gasteiger partial charge in [-0.2, -0.15) is 0 Å². The predicted octanol–water partition coefficient (Wildman–Crippen LogP) is 0.00480. The van der Waals surface area contributed by atoms with Gasteiger partial charge in [0.25, 0.3) is 0 Å². The number of benzene rings is 1. The SMILES string of the molecule is O=C(O)c1ccc(C(=O)O)c(P(O)O)c1. The van der Waals surface area contributed by atoms with Crippen LogP contribution in [0.5, 0.6) is 0 Å². The first-order valence-corrected chi connectivity index (χ1v) is 4.96. The monoisotopic (exact) mass is 230 g/mol. The van der Waals surface area contributed by atoms with E-state index in [1.165, 1.54) is 0 Å². The first-order valence-electron chi connectivity index (χ1n) is 3.72. The van der Waals surface area contributed by atoms with E-state index >= 15 is 0 Å². The highest BCUT2D eigenvalue weighted by molar-refractivity contribution is 7.54. The molecule has 0 aliphatic rings. The van der Waals surface area contributed by atoms with E-state index in [9.17, 15) is 9.59 Å². The summed E-state index contributed by atoms with van der Waals surface area (Å²) in [7, 11) is -2.63. The Morgan fingerprint density at radius 3 is 2.07 bits per heavy atom. The summed E-state index contributed by atoms with van der Waals surface area (Å²) in [5.41, 5.74) is -0.498. The Morgan fingerprint density at radius 1 is 1.07 bits per heavy atom. The molecule has 80 valence electrons. The van der Waals surface area contributed by atoms with Crippen LogP contribution in [0.4, 0.5) is 0 Å². The van der Waals surface area contributed by atoms with Gasteiger partial charge in [-0.05, 0) is 18.2 Å². The second-order valence-corrected chi connectivity index (χ2v) is 3.69. The van der Waals surface area contributed by atoms with Crippen molar-refractivity contribution in [1.29, 1.82) is 0 Å². The molecule has 15 heavy (non-hydrogen) atoms. The van der Waals surface area contributed by atoms with Crippen LogP contribution in [-0.4, -0.2) is 31.9 Å². The minimum atomic E-state index is -2.63. The molecule has 6 nitrogen and oxygen atoms in total. The zero-order valence-corrected chi connectivity index (χ0v) is 8.18. The van der Waals surface area contributed by atoms with Gasteiger partial charge in [-0.1, -0.05) is 0 Å². The molecule has 1 aromatic rings. The first-order chi connectivity index (χ1) is 6.93. The Kier molecular flexibility index (Phi) is 3.36. The Hall–Kier alpha value is -1.49. The first kappa shape index (κ1) is 11.6. The van der Waals surface area contributed by atoms with E-state index in [1.807, 2.05) is 0 Å². The normalized spacial score (nSPS) is 10.3. The Bertz CT molecular complexity index is 414. The molecule has 0 aliphatic carbocycles. The van der Waals surface area contributed by atoms with Crippen LogP contribution < -0.4 is 5.30 Å². The molecule has 0 spiro atoms. The largest absolute Gasteiger partial charge is 0.478 e. The van der Waals surface area contributed by atoms with Gasteiger partial charge in [-0.3, -0.25) is 0 Å². The molecule has 0 unspecified atom stereocenters. The van der Waals surface area contributed by atoms with Crippen LogP contribution >= 0.6 is 8.38 Å². The Balaban J connectivity index is 3.33. The lowest BCUT2D eigenvalue weighted by molar-refractivity contribution is 0.0682. The topological polar surface area (TPSA) is 115 Å². The van der Waals surface area contributed by atoms with Crippen LogP contribution in [0, 0.1) is 0 Å². The van der Waals surface area contributed by atoms with E-state index in [4.69, 9.17) is 20.0 Å². The van der Waals surface area contributed by atoms with E-state index in [2.05, 4.69) is 0 Å². The minimum Gasteiger partial charge on any atom is -0.478 e. The molecule has 0 aromatic heterocycles. The van der Waals surface area contributed by atoms with Gasteiger partial charge in [-0.15, -0.1) is 0 Å². The van der Waals surface area contributed by atoms with Crippen molar-refractivity contribution >= 4 is 25.6 Å². The number of carboxylic acid groups (broad SMARTS) is 2. The highest BCUT2D eigenvalue weighted by Gasteiger charge is 2.18. The maximum absolute atomic E-state index is 10.6. The standard InChI is InChI=1S/C8H7O6P/c9-7(10)4-1-2-5(8(11)12)6(3-4)15(13)14/h1-3,13-14H,(H,9,10)(H,11,12). The summed E-state index contributed by atoms with van der Waals surface area (Å²) >= 11 is 0. The number of carboxylic acids is 2. The van der Waals surface area contributed by atoms with Crippen molar-refractivity contribution in [1.82, 2.24) is 0 Å². The van der Waals surface area contributed by atoms with Crippen LogP contribution in [0.1, 0.15) is 20.7 Å². The highest BCUT2D eigenvalue weighted by atomic mass is 31.2. The van der Waals surface area contributed by atoms with Gasteiger partial charge in [0.2, 0.25) is 8.38 Å². The summed E-state index contributed by atoms with van der Waals surface area (Å²) in [6.45, 7) is 0. The summed E-state index contributed by atoms with van der Waals surface area (Å²) in [5, 5.41) is 17.0. The van der Waals surface area contributed by atoms with Crippen molar-refractivity contribution in [2.45, 2.75) is 0 Å². The van der Waals surface area contributed by atoms with Crippen LogP contribution in [0.3, 0.4) is 0 Å². The number of carbonyl (C=O) groups is 2. The third-order valence-electron chi connectivity index (χ3n) is 1.69. The van der Waals surface area contributed by atoms with Gasteiger partial charge < -0.3 is 20.0 Å². The molecular formula is C8H7O6P. The van der Waals surface area contributed by atoms with E-state index in [-0.39, 0.29) is 16.4 Å². The third kappa shape index (κ3) is 2.50. The fourth-order valence-corrected chi connectivity index (χ4v) is 1.65. The molecular weight excluding hydrogens is 223 g/mol. The van der Waals surface area contributed by atoms with Crippen molar-refractivity contribution < 1.29 is 29.6 Å². The summed E-state index contributed by atoms with van der Waals surface area (Å²) in [6, 6.07) is 3.06. The van der Waals surface area contributed by atoms with Gasteiger partial charge in [0.15, 0.2) is 0 Å². The van der Waals surface area contributed by atoms with Crippen LogP contribution in [-0.2, 0) is 0 Å². The summed E-state index contributed by atoms with van der Waals surface area (Å²) in [5.74, 6) is -2.59. The maximum atomic E-state index is 10.6. The van der Waals surface area contributed by atoms with Crippen molar-refractivity contribution in [3.05, 3.63) is 29.3 Å². The molecule has 0 atom stereocenters. The molecule has 0 saturated heterocycles. The van der Waals surface area contributed by atoms with Crippen LogP contribution in [0.15, 0.2) is 18.2 Å². The zero-order chi connectivity index (χ0) is 11.6. The lowest BCUT2D eigenvalue weighted by Crippen LogP contribution is -2.15. The summed E-state index contributed by atoms with van der Waals surface area (Å²) in [6.07, 6.45) is 0. The van der Waals surface area contributed by atoms with Crippen LogP contribution in [0.2, 0.25) is 0 Å². The quantitative estimate of drug-likeness (QED) is 0.543. The van der Waals surface area contributed by atoms with E-state index in [0.717, 1.165) is 18.2 Å².